The summed E-state index contributed by atoms with van der Waals surface area (Å²) in [5.74, 6) is 2.16. The van der Waals surface area contributed by atoms with Gasteiger partial charge < -0.3 is 14.2 Å². The summed E-state index contributed by atoms with van der Waals surface area (Å²) in [4.78, 5) is 0. The summed E-state index contributed by atoms with van der Waals surface area (Å²) >= 11 is 8.85. The molecule has 0 aliphatic heterocycles. The highest BCUT2D eigenvalue weighted by Crippen LogP contribution is 2.39. The van der Waals surface area contributed by atoms with E-state index in [1.54, 1.807) is 38.3 Å². The molecule has 0 fully saturated rings. The van der Waals surface area contributed by atoms with Crippen LogP contribution in [0, 0.1) is 4.77 Å². The van der Waals surface area contributed by atoms with Crippen LogP contribution in [-0.2, 0) is 0 Å². The van der Waals surface area contributed by atoms with Crippen molar-refractivity contribution in [3.63, 3.8) is 0 Å². The minimum atomic E-state index is 0.372. The van der Waals surface area contributed by atoms with E-state index in [-0.39, 0.29) is 0 Å². The Morgan fingerprint density at radius 3 is 2.48 bits per heavy atom. The van der Waals surface area contributed by atoms with E-state index in [9.17, 15) is 0 Å². The van der Waals surface area contributed by atoms with Gasteiger partial charge in [-0.25, -0.2) is 5.10 Å². The molecule has 1 heterocycles. The maximum Gasteiger partial charge on any atom is 0.216 e. The lowest BCUT2D eigenvalue weighted by Gasteiger charge is -2.13. The molecule has 0 bridgehead atoms. The summed E-state index contributed by atoms with van der Waals surface area (Å²) in [5.41, 5.74) is 1.57. The van der Waals surface area contributed by atoms with Gasteiger partial charge in [0.1, 0.15) is 0 Å². The number of halogens is 1. The van der Waals surface area contributed by atoms with Gasteiger partial charge in [-0.15, -0.1) is 0 Å². The quantitative estimate of drug-likeness (QED) is 0.449. The van der Waals surface area contributed by atoms with E-state index in [0.717, 1.165) is 10.0 Å². The number of rotatable bonds is 6. The Labute approximate surface area is 169 Å². The number of methoxy groups -OCH3 is 3. The van der Waals surface area contributed by atoms with Gasteiger partial charge in [0.15, 0.2) is 17.3 Å². The minimum Gasteiger partial charge on any atom is -0.493 e. The number of aromatic amines is 1. The minimum absolute atomic E-state index is 0.372. The smallest absolute Gasteiger partial charge is 0.216 e. The summed E-state index contributed by atoms with van der Waals surface area (Å²) in [5, 5.41) is 11.6. The standard InChI is InChI=1S/C18H17BrN4O3S/c1-24-14-9-8-11(15(25-2)16(14)26-3)10-20-23-17(21-22-18(23)27)12-6-4-5-7-13(12)19/h4-10H,1-3H3,(H,22,27)/b20-10+. The number of nitrogens with zero attached hydrogens (tertiary/aromatic N) is 3. The van der Waals surface area contributed by atoms with Crippen molar-refractivity contribution in [1.82, 2.24) is 14.9 Å². The van der Waals surface area contributed by atoms with Crippen molar-refractivity contribution in [3.8, 4) is 28.6 Å². The molecule has 0 spiro atoms. The van der Waals surface area contributed by atoms with Gasteiger partial charge in [-0.1, -0.05) is 28.1 Å². The molecule has 1 aromatic heterocycles. The fourth-order valence-electron chi connectivity index (χ4n) is 2.56. The molecular weight excluding hydrogens is 432 g/mol. The maximum atomic E-state index is 5.48. The average Bonchev–Trinajstić information content (AvgIpc) is 3.05. The first kappa shape index (κ1) is 19.1. The Morgan fingerprint density at radius 1 is 1.07 bits per heavy atom. The lowest BCUT2D eigenvalue weighted by molar-refractivity contribution is 0.324. The largest absolute Gasteiger partial charge is 0.493 e. The van der Waals surface area contributed by atoms with Crippen LogP contribution < -0.4 is 14.2 Å². The molecule has 7 nitrogen and oxygen atoms in total. The molecule has 0 amide bonds. The van der Waals surface area contributed by atoms with Crippen molar-refractivity contribution >= 4 is 34.4 Å². The number of nitrogens with one attached hydrogen (secondary N) is 1. The summed E-state index contributed by atoms with van der Waals surface area (Å²) < 4.78 is 19.0. The third-order valence-electron chi connectivity index (χ3n) is 3.81. The summed E-state index contributed by atoms with van der Waals surface area (Å²) in [6.07, 6.45) is 1.63. The summed E-state index contributed by atoms with van der Waals surface area (Å²) in [6.45, 7) is 0. The normalized spacial score (nSPS) is 11.0. The van der Waals surface area contributed by atoms with Gasteiger partial charge >= 0.3 is 0 Å². The Morgan fingerprint density at radius 2 is 1.81 bits per heavy atom. The van der Waals surface area contributed by atoms with Crippen molar-refractivity contribution in [3.05, 3.63) is 51.2 Å². The Hall–Kier alpha value is -2.65. The number of hydrogen-bond donors (Lipinski definition) is 1. The van der Waals surface area contributed by atoms with Crippen LogP contribution in [0.3, 0.4) is 0 Å². The van der Waals surface area contributed by atoms with Crippen LogP contribution in [0.4, 0.5) is 0 Å². The molecule has 140 valence electrons. The van der Waals surface area contributed by atoms with E-state index in [2.05, 4.69) is 31.2 Å². The van der Waals surface area contributed by atoms with E-state index in [0.29, 0.717) is 33.4 Å². The predicted molar refractivity (Wildman–Crippen MR) is 110 cm³/mol. The van der Waals surface area contributed by atoms with Crippen molar-refractivity contribution in [1.29, 1.82) is 0 Å². The molecule has 1 N–H and O–H groups in total. The molecule has 27 heavy (non-hydrogen) atoms. The predicted octanol–water partition coefficient (Wildman–Crippen LogP) is 4.28. The topological polar surface area (TPSA) is 73.7 Å². The van der Waals surface area contributed by atoms with Crippen LogP contribution in [0.15, 0.2) is 46.0 Å². The molecule has 0 atom stereocenters. The lowest BCUT2D eigenvalue weighted by atomic mass is 10.2. The van der Waals surface area contributed by atoms with Crippen LogP contribution in [0.5, 0.6) is 17.2 Å². The zero-order valence-electron chi connectivity index (χ0n) is 14.9. The van der Waals surface area contributed by atoms with Gasteiger partial charge in [-0.3, -0.25) is 0 Å². The molecular formula is C18H17BrN4O3S. The first-order chi connectivity index (χ1) is 13.1. The van der Waals surface area contributed by atoms with E-state index < -0.39 is 0 Å². The van der Waals surface area contributed by atoms with Gasteiger partial charge in [-0.2, -0.15) is 14.9 Å². The van der Waals surface area contributed by atoms with Crippen LogP contribution in [0.2, 0.25) is 0 Å². The van der Waals surface area contributed by atoms with Crippen molar-refractivity contribution < 1.29 is 14.2 Å². The van der Waals surface area contributed by atoms with E-state index in [4.69, 9.17) is 26.4 Å². The van der Waals surface area contributed by atoms with E-state index >= 15 is 0 Å². The summed E-state index contributed by atoms with van der Waals surface area (Å²) in [6, 6.07) is 11.3. The number of benzene rings is 2. The lowest BCUT2D eigenvalue weighted by Crippen LogP contribution is -2.00. The second kappa shape index (κ2) is 8.36. The second-order valence-electron chi connectivity index (χ2n) is 5.31. The van der Waals surface area contributed by atoms with Crippen molar-refractivity contribution in [2.45, 2.75) is 0 Å². The number of aromatic nitrogens is 3. The number of hydrogen-bond acceptors (Lipinski definition) is 6. The molecule has 0 unspecified atom stereocenters. The molecule has 3 aromatic rings. The highest BCUT2D eigenvalue weighted by atomic mass is 79.9. The van der Waals surface area contributed by atoms with Gasteiger partial charge in [-0.05, 0) is 36.5 Å². The van der Waals surface area contributed by atoms with E-state index in [1.165, 1.54) is 0 Å². The second-order valence-corrected chi connectivity index (χ2v) is 6.55. The van der Waals surface area contributed by atoms with Crippen LogP contribution in [0.1, 0.15) is 5.56 Å². The van der Waals surface area contributed by atoms with E-state index in [1.807, 2.05) is 30.3 Å². The van der Waals surface area contributed by atoms with Crippen LogP contribution in [-0.4, -0.2) is 42.4 Å². The summed E-state index contributed by atoms with van der Waals surface area (Å²) in [7, 11) is 4.68. The number of ether oxygens (including phenoxy) is 3. The average molecular weight is 449 g/mol. The van der Waals surface area contributed by atoms with Gasteiger partial charge in [0.25, 0.3) is 0 Å². The molecule has 0 aliphatic rings. The molecule has 0 radical (unpaired) electrons. The fraction of sp³-hybridized carbons (Fsp3) is 0.167. The maximum absolute atomic E-state index is 5.48. The molecule has 0 aliphatic carbocycles. The third kappa shape index (κ3) is 3.74. The highest BCUT2D eigenvalue weighted by molar-refractivity contribution is 9.10. The van der Waals surface area contributed by atoms with Gasteiger partial charge in [0.05, 0.1) is 27.5 Å². The molecule has 9 heteroatoms. The molecule has 3 rings (SSSR count). The number of H-pyrrole nitrogens is 1. The van der Waals surface area contributed by atoms with Gasteiger partial charge in [0.2, 0.25) is 10.5 Å². The highest BCUT2D eigenvalue weighted by Gasteiger charge is 2.15. The van der Waals surface area contributed by atoms with Gasteiger partial charge in [0, 0.05) is 15.6 Å². The molecule has 2 aromatic carbocycles. The molecule has 0 saturated heterocycles. The first-order valence-electron chi connectivity index (χ1n) is 7.86. The zero-order chi connectivity index (χ0) is 19.4. The van der Waals surface area contributed by atoms with Crippen molar-refractivity contribution in [2.24, 2.45) is 5.10 Å². The Balaban J connectivity index is 2.07. The zero-order valence-corrected chi connectivity index (χ0v) is 17.3. The Kier molecular flexibility index (Phi) is 5.92. The first-order valence-corrected chi connectivity index (χ1v) is 9.06. The van der Waals surface area contributed by atoms with Crippen LogP contribution >= 0.6 is 28.1 Å². The SMILES string of the molecule is COc1ccc(/C=N/n2c(-c3ccccc3Br)n[nH]c2=S)c(OC)c1OC. The van der Waals surface area contributed by atoms with Crippen molar-refractivity contribution in [2.75, 3.05) is 21.3 Å². The van der Waals surface area contributed by atoms with Crippen LogP contribution in [0.25, 0.3) is 11.4 Å². The monoisotopic (exact) mass is 448 g/mol. The fourth-order valence-corrected chi connectivity index (χ4v) is 3.20. The third-order valence-corrected chi connectivity index (χ3v) is 4.77. The Bertz CT molecular complexity index is 1050. The molecule has 0 saturated carbocycles.